The third-order valence-corrected chi connectivity index (χ3v) is 6.31. The number of nitrogens with zero attached hydrogens (tertiary/aromatic N) is 2. The first-order valence-electron chi connectivity index (χ1n) is 10.9. The van der Waals surface area contributed by atoms with Crippen LogP contribution in [0.2, 0.25) is 0 Å². The Kier molecular flexibility index (Phi) is 6.18. The number of hydrogen-bond acceptors (Lipinski definition) is 5. The van der Waals surface area contributed by atoms with Crippen molar-refractivity contribution in [2.24, 2.45) is 11.8 Å². The topological polar surface area (TPSA) is 78.1 Å². The molecule has 0 amide bonds. The molecule has 4 rings (SSSR count). The van der Waals surface area contributed by atoms with Crippen molar-refractivity contribution < 1.29 is 4.79 Å². The van der Waals surface area contributed by atoms with Crippen LogP contribution in [0, 0.1) is 11.8 Å². The molecule has 1 saturated carbocycles. The number of aromatic amines is 1. The van der Waals surface area contributed by atoms with Gasteiger partial charge in [0.1, 0.15) is 5.78 Å². The highest BCUT2D eigenvalue weighted by Crippen LogP contribution is 2.35. The Balaban J connectivity index is 1.61. The minimum absolute atomic E-state index is 0.0471. The molecule has 2 heterocycles. The van der Waals surface area contributed by atoms with Gasteiger partial charge in [-0.1, -0.05) is 12.1 Å². The minimum Gasteiger partial charge on any atom is -0.382 e. The van der Waals surface area contributed by atoms with Crippen LogP contribution < -0.4 is 10.9 Å². The summed E-state index contributed by atoms with van der Waals surface area (Å²) < 4.78 is 0. The maximum atomic E-state index is 12.3. The zero-order valence-electron chi connectivity index (χ0n) is 18.4. The van der Waals surface area contributed by atoms with Gasteiger partial charge in [0.05, 0.1) is 5.52 Å². The van der Waals surface area contributed by atoms with E-state index in [-0.39, 0.29) is 23.3 Å². The predicted octanol–water partition coefficient (Wildman–Crippen LogP) is 3.94. The molecule has 0 bridgehead atoms. The van der Waals surface area contributed by atoms with Crippen molar-refractivity contribution in [2.75, 3.05) is 26.0 Å². The number of nitrogens with one attached hydrogen (secondary N) is 2. The Morgan fingerprint density at radius 3 is 2.84 bits per heavy atom. The third kappa shape index (κ3) is 4.85. The smallest absolute Gasteiger partial charge is 0.250 e. The number of benzene rings is 1. The third-order valence-electron chi connectivity index (χ3n) is 6.31. The average molecular weight is 419 g/mol. The molecule has 6 heteroatoms. The molecule has 31 heavy (non-hydrogen) atoms. The minimum atomic E-state index is -0.141. The van der Waals surface area contributed by atoms with Crippen molar-refractivity contribution in [3.63, 3.8) is 0 Å². The molecule has 1 aromatic carbocycles. The molecule has 162 valence electrons. The molecular weight excluding hydrogens is 388 g/mol. The molecule has 0 radical (unpaired) electrons. The quantitative estimate of drug-likeness (QED) is 0.634. The van der Waals surface area contributed by atoms with Crippen molar-refractivity contribution in [3.05, 3.63) is 59.1 Å². The van der Waals surface area contributed by atoms with E-state index in [0.29, 0.717) is 5.92 Å². The zero-order chi connectivity index (χ0) is 22.0. The van der Waals surface area contributed by atoms with Gasteiger partial charge in [-0.25, -0.2) is 0 Å². The predicted molar refractivity (Wildman–Crippen MR) is 125 cm³/mol. The van der Waals surface area contributed by atoms with Gasteiger partial charge >= 0.3 is 0 Å². The largest absolute Gasteiger partial charge is 0.382 e. The van der Waals surface area contributed by atoms with Crippen LogP contribution >= 0.6 is 0 Å². The summed E-state index contributed by atoms with van der Waals surface area (Å²) in [5, 5.41) is 4.65. The second kappa shape index (κ2) is 9.02. The average Bonchev–Trinajstić information content (AvgIpc) is 2.74. The van der Waals surface area contributed by atoms with Gasteiger partial charge in [-0.3, -0.25) is 14.6 Å². The number of pyridine rings is 2. The summed E-state index contributed by atoms with van der Waals surface area (Å²) in [6.07, 6.45) is 6.33. The fraction of sp³-hybridized carbons (Fsp3) is 0.400. The highest BCUT2D eigenvalue weighted by atomic mass is 16.1. The summed E-state index contributed by atoms with van der Waals surface area (Å²) >= 11 is 0. The van der Waals surface area contributed by atoms with Crippen molar-refractivity contribution in [2.45, 2.75) is 32.2 Å². The first kappa shape index (κ1) is 21.2. The summed E-state index contributed by atoms with van der Waals surface area (Å²) in [6.45, 7) is 2.63. The Morgan fingerprint density at radius 1 is 1.23 bits per heavy atom. The van der Waals surface area contributed by atoms with Crippen molar-refractivity contribution in [1.29, 1.82) is 0 Å². The van der Waals surface area contributed by atoms with Crippen LogP contribution in [-0.4, -0.2) is 47.3 Å². The Labute approximate surface area is 182 Å². The molecule has 1 unspecified atom stereocenters. The fourth-order valence-corrected chi connectivity index (χ4v) is 4.84. The number of H-pyrrole nitrogens is 1. The van der Waals surface area contributed by atoms with E-state index in [0.717, 1.165) is 53.5 Å². The molecule has 1 aliphatic rings. The van der Waals surface area contributed by atoms with Crippen LogP contribution in [0.4, 0.5) is 5.69 Å². The summed E-state index contributed by atoms with van der Waals surface area (Å²) in [5.41, 5.74) is 3.57. The van der Waals surface area contributed by atoms with Gasteiger partial charge in [0.15, 0.2) is 0 Å². The number of aromatic nitrogens is 2. The van der Waals surface area contributed by atoms with Gasteiger partial charge in [-0.05, 0) is 70.0 Å². The van der Waals surface area contributed by atoms with E-state index >= 15 is 0 Å². The van der Waals surface area contributed by atoms with Crippen LogP contribution in [0.1, 0.15) is 26.2 Å². The van der Waals surface area contributed by atoms with Crippen molar-refractivity contribution >= 4 is 22.4 Å². The number of carbonyl (C=O) groups excluding carboxylic acids is 1. The molecule has 0 spiro atoms. The van der Waals surface area contributed by atoms with E-state index in [1.54, 1.807) is 25.4 Å². The number of Topliss-reactive ketones (excluding diaryl/α,β-unsaturated/α-hetero) is 1. The highest BCUT2D eigenvalue weighted by molar-refractivity contribution is 5.87. The molecule has 2 aromatic heterocycles. The zero-order valence-corrected chi connectivity index (χ0v) is 18.4. The molecule has 3 aromatic rings. The molecular formula is C25H30N4O2. The van der Waals surface area contributed by atoms with Gasteiger partial charge in [-0.15, -0.1) is 0 Å². The summed E-state index contributed by atoms with van der Waals surface area (Å²) in [7, 11) is 4.12. The van der Waals surface area contributed by atoms with Gasteiger partial charge in [-0.2, -0.15) is 0 Å². The molecule has 1 fully saturated rings. The van der Waals surface area contributed by atoms with E-state index in [2.05, 4.69) is 40.3 Å². The van der Waals surface area contributed by atoms with Crippen molar-refractivity contribution in [1.82, 2.24) is 14.9 Å². The molecule has 0 aliphatic heterocycles. The van der Waals surface area contributed by atoms with E-state index < -0.39 is 0 Å². The Morgan fingerprint density at radius 2 is 2.06 bits per heavy atom. The van der Waals surface area contributed by atoms with Crippen molar-refractivity contribution in [3.8, 4) is 11.1 Å². The van der Waals surface area contributed by atoms with E-state index in [1.165, 1.54) is 0 Å². The lowest BCUT2D eigenvalue weighted by molar-refractivity contribution is -0.123. The Bertz CT molecular complexity index is 1140. The molecule has 0 saturated heterocycles. The molecule has 3 atom stereocenters. The summed E-state index contributed by atoms with van der Waals surface area (Å²) in [5.74, 6) is 0.689. The number of rotatable bonds is 6. The number of anilines is 1. The number of ketones is 1. The number of fused-ring (bicyclic) bond motifs is 1. The molecule has 2 N–H and O–H groups in total. The molecule has 1 aliphatic carbocycles. The fourth-order valence-electron chi connectivity index (χ4n) is 4.84. The maximum absolute atomic E-state index is 12.3. The lowest BCUT2D eigenvalue weighted by atomic mass is 9.74. The first-order chi connectivity index (χ1) is 14.9. The summed E-state index contributed by atoms with van der Waals surface area (Å²) in [6, 6.07) is 11.9. The van der Waals surface area contributed by atoms with E-state index in [9.17, 15) is 9.59 Å². The van der Waals surface area contributed by atoms with Gasteiger partial charge in [0, 0.05) is 53.6 Å². The lowest BCUT2D eigenvalue weighted by Crippen LogP contribution is -2.40. The van der Waals surface area contributed by atoms with Gasteiger partial charge < -0.3 is 15.2 Å². The SMILES string of the molecule is CC(=O)C1C[C@H](Nc2cc(=O)[nH]cc2-c2ccc3ncccc3c2)CC[C@H]1CN(C)C. The molecule has 6 nitrogen and oxygen atoms in total. The van der Waals surface area contributed by atoms with Crippen LogP contribution in [0.25, 0.3) is 22.0 Å². The van der Waals surface area contributed by atoms with Crippen LogP contribution in [0.15, 0.2) is 53.6 Å². The highest BCUT2D eigenvalue weighted by Gasteiger charge is 2.33. The van der Waals surface area contributed by atoms with Crippen LogP contribution in [0.5, 0.6) is 0 Å². The monoisotopic (exact) mass is 418 g/mol. The van der Waals surface area contributed by atoms with Gasteiger partial charge in [0.25, 0.3) is 0 Å². The number of hydrogen-bond donors (Lipinski definition) is 2. The second-order valence-electron chi connectivity index (χ2n) is 8.93. The lowest BCUT2D eigenvalue weighted by Gasteiger charge is -2.37. The van der Waals surface area contributed by atoms with Crippen LogP contribution in [-0.2, 0) is 4.79 Å². The van der Waals surface area contributed by atoms with E-state index in [1.807, 2.05) is 24.3 Å². The maximum Gasteiger partial charge on any atom is 0.250 e. The first-order valence-corrected chi connectivity index (χ1v) is 10.9. The van der Waals surface area contributed by atoms with E-state index in [4.69, 9.17) is 0 Å². The normalized spacial score (nSPS) is 21.4. The van der Waals surface area contributed by atoms with Crippen LogP contribution in [0.3, 0.4) is 0 Å². The second-order valence-corrected chi connectivity index (χ2v) is 8.93. The Hall–Kier alpha value is -2.99. The number of carbonyl (C=O) groups is 1. The summed E-state index contributed by atoms with van der Waals surface area (Å²) in [4.78, 5) is 33.8. The standard InChI is InChI=1S/C25H30N4O2/c1-16(30)21-12-20(8-6-19(21)15-29(2)3)28-24-13-25(31)27-14-22(24)17-7-9-23-18(11-17)5-4-10-26-23/h4-5,7,9-11,13-14,19-21H,6,8,12,15H2,1-3H3,(H2,27,28,31)/t19-,20+,21?/m0/s1. The van der Waals surface area contributed by atoms with Gasteiger partial charge in [0.2, 0.25) is 5.56 Å².